The monoisotopic (exact) mass is 532 g/mol. The van der Waals surface area contributed by atoms with E-state index < -0.39 is 0 Å². The molecule has 2 N–H and O–H groups in total. The SMILES string of the molecule is CCNC(=NCc1nc(C)c(C)o1)NCC1(c2cccc(Br)c2)CC1.I. The van der Waals surface area contributed by atoms with E-state index in [0.717, 1.165) is 35.0 Å². The maximum atomic E-state index is 5.60. The maximum Gasteiger partial charge on any atom is 0.216 e. The van der Waals surface area contributed by atoms with Crippen LogP contribution in [0.1, 0.15) is 42.7 Å². The van der Waals surface area contributed by atoms with E-state index in [9.17, 15) is 0 Å². The van der Waals surface area contributed by atoms with Gasteiger partial charge in [0.05, 0.1) is 5.69 Å². The van der Waals surface area contributed by atoms with Crippen molar-refractivity contribution in [2.45, 2.75) is 45.6 Å². The topological polar surface area (TPSA) is 62.5 Å². The standard InChI is InChI=1S/C19H25BrN4O.HI/c1-4-21-18(22-11-17-24-13(2)14(3)25-17)23-12-19(8-9-19)15-6-5-7-16(20)10-15;/h5-7,10H,4,8-9,11-12H2,1-3H3,(H2,21,22,23);1H. The summed E-state index contributed by atoms with van der Waals surface area (Å²) in [6, 6.07) is 8.60. The summed E-state index contributed by atoms with van der Waals surface area (Å²) in [5, 5.41) is 6.78. The zero-order valence-corrected chi connectivity index (χ0v) is 19.4. The third kappa shape index (κ3) is 5.22. The molecular formula is C19H26BrIN4O. The molecule has 0 radical (unpaired) electrons. The number of halogens is 2. The molecule has 1 saturated carbocycles. The molecule has 2 aromatic rings. The summed E-state index contributed by atoms with van der Waals surface area (Å²) in [4.78, 5) is 9.00. The van der Waals surface area contributed by atoms with Crippen LogP contribution in [0.4, 0.5) is 0 Å². The molecule has 0 amide bonds. The van der Waals surface area contributed by atoms with Crippen LogP contribution in [0.25, 0.3) is 0 Å². The van der Waals surface area contributed by atoms with Crippen molar-refractivity contribution in [2.75, 3.05) is 13.1 Å². The highest BCUT2D eigenvalue weighted by Crippen LogP contribution is 2.48. The van der Waals surface area contributed by atoms with Crippen LogP contribution in [0.3, 0.4) is 0 Å². The van der Waals surface area contributed by atoms with Crippen LogP contribution in [0, 0.1) is 13.8 Å². The number of hydrogen-bond acceptors (Lipinski definition) is 3. The zero-order valence-electron chi connectivity index (χ0n) is 15.4. The van der Waals surface area contributed by atoms with Gasteiger partial charge in [-0.05, 0) is 51.3 Å². The number of rotatable bonds is 6. The Balaban J connectivity index is 0.00000243. The number of nitrogens with zero attached hydrogens (tertiary/aromatic N) is 2. The van der Waals surface area contributed by atoms with Crippen LogP contribution in [-0.4, -0.2) is 24.0 Å². The van der Waals surface area contributed by atoms with Crippen molar-refractivity contribution >= 4 is 45.9 Å². The Bertz CT molecular complexity index is 751. The van der Waals surface area contributed by atoms with E-state index in [1.165, 1.54) is 18.4 Å². The summed E-state index contributed by atoms with van der Waals surface area (Å²) >= 11 is 3.57. The molecule has 0 saturated heterocycles. The quantitative estimate of drug-likeness (QED) is 0.327. The molecule has 3 rings (SSSR count). The van der Waals surface area contributed by atoms with Gasteiger partial charge in [0, 0.05) is 23.0 Å². The fraction of sp³-hybridized carbons (Fsp3) is 0.474. The second-order valence-electron chi connectivity index (χ2n) is 6.59. The number of aryl methyl sites for hydroxylation is 2. The van der Waals surface area contributed by atoms with Gasteiger partial charge in [-0.1, -0.05) is 28.1 Å². The molecule has 1 aromatic heterocycles. The van der Waals surface area contributed by atoms with Crippen molar-refractivity contribution in [3.63, 3.8) is 0 Å². The maximum absolute atomic E-state index is 5.60. The van der Waals surface area contributed by atoms with Gasteiger partial charge in [-0.15, -0.1) is 24.0 Å². The third-order valence-corrected chi connectivity index (χ3v) is 5.17. The fourth-order valence-electron chi connectivity index (χ4n) is 2.88. The van der Waals surface area contributed by atoms with Gasteiger partial charge in [0.1, 0.15) is 12.3 Å². The van der Waals surface area contributed by atoms with Gasteiger partial charge in [0.15, 0.2) is 5.96 Å². The predicted octanol–water partition coefficient (Wildman–Crippen LogP) is 4.46. The molecule has 1 aliphatic carbocycles. The Kier molecular flexibility index (Phi) is 7.52. The largest absolute Gasteiger partial charge is 0.444 e. The van der Waals surface area contributed by atoms with Crippen molar-refractivity contribution in [1.29, 1.82) is 0 Å². The van der Waals surface area contributed by atoms with Crippen LogP contribution in [0.2, 0.25) is 0 Å². The average Bonchev–Trinajstić information content (AvgIpc) is 3.31. The minimum Gasteiger partial charge on any atom is -0.444 e. The summed E-state index contributed by atoms with van der Waals surface area (Å²) in [5.41, 5.74) is 2.52. The molecular weight excluding hydrogens is 507 g/mol. The molecule has 0 spiro atoms. The first kappa shape index (κ1) is 21.2. The van der Waals surface area contributed by atoms with Crippen molar-refractivity contribution < 1.29 is 4.42 Å². The zero-order chi connectivity index (χ0) is 17.9. The van der Waals surface area contributed by atoms with Gasteiger partial charge < -0.3 is 15.1 Å². The van der Waals surface area contributed by atoms with Crippen molar-refractivity contribution in [2.24, 2.45) is 4.99 Å². The van der Waals surface area contributed by atoms with E-state index in [-0.39, 0.29) is 29.4 Å². The minimum absolute atomic E-state index is 0. The summed E-state index contributed by atoms with van der Waals surface area (Å²) < 4.78 is 6.74. The first-order chi connectivity index (χ1) is 12.0. The predicted molar refractivity (Wildman–Crippen MR) is 119 cm³/mol. The number of benzene rings is 1. The molecule has 0 bridgehead atoms. The average molecular weight is 533 g/mol. The highest BCUT2D eigenvalue weighted by atomic mass is 127. The van der Waals surface area contributed by atoms with Gasteiger partial charge in [-0.2, -0.15) is 0 Å². The Labute approximate surface area is 180 Å². The minimum atomic E-state index is 0. The smallest absolute Gasteiger partial charge is 0.216 e. The number of guanidine groups is 1. The fourth-order valence-corrected chi connectivity index (χ4v) is 3.28. The number of oxazole rings is 1. The van der Waals surface area contributed by atoms with Crippen LogP contribution < -0.4 is 10.6 Å². The Morgan fingerprint density at radius 2 is 2.08 bits per heavy atom. The molecule has 142 valence electrons. The van der Waals surface area contributed by atoms with Crippen LogP contribution in [-0.2, 0) is 12.0 Å². The molecule has 0 atom stereocenters. The van der Waals surface area contributed by atoms with Gasteiger partial charge >= 0.3 is 0 Å². The Morgan fingerprint density at radius 1 is 1.31 bits per heavy atom. The molecule has 1 fully saturated rings. The van der Waals surface area contributed by atoms with Gasteiger partial charge in [0.2, 0.25) is 5.89 Å². The lowest BCUT2D eigenvalue weighted by Crippen LogP contribution is -2.41. The second-order valence-corrected chi connectivity index (χ2v) is 7.50. The molecule has 1 aromatic carbocycles. The summed E-state index contributed by atoms with van der Waals surface area (Å²) in [6.07, 6.45) is 2.40. The van der Waals surface area contributed by atoms with Crippen molar-refractivity contribution in [1.82, 2.24) is 15.6 Å². The van der Waals surface area contributed by atoms with Crippen LogP contribution >= 0.6 is 39.9 Å². The third-order valence-electron chi connectivity index (χ3n) is 4.67. The van der Waals surface area contributed by atoms with Gasteiger partial charge in [0.25, 0.3) is 0 Å². The van der Waals surface area contributed by atoms with E-state index in [2.05, 4.69) is 67.7 Å². The van der Waals surface area contributed by atoms with E-state index in [4.69, 9.17) is 4.42 Å². The number of aromatic nitrogens is 1. The van der Waals surface area contributed by atoms with Crippen LogP contribution in [0.5, 0.6) is 0 Å². The molecule has 7 heteroatoms. The molecule has 26 heavy (non-hydrogen) atoms. The van der Waals surface area contributed by atoms with Crippen molar-refractivity contribution in [3.8, 4) is 0 Å². The second kappa shape index (κ2) is 9.21. The summed E-state index contributed by atoms with van der Waals surface area (Å²) in [7, 11) is 0. The van der Waals surface area contributed by atoms with E-state index in [0.29, 0.717) is 12.4 Å². The van der Waals surface area contributed by atoms with Crippen LogP contribution in [0.15, 0.2) is 38.1 Å². The highest BCUT2D eigenvalue weighted by Gasteiger charge is 2.44. The van der Waals surface area contributed by atoms with Gasteiger partial charge in [-0.25, -0.2) is 9.98 Å². The normalized spacial score (nSPS) is 15.3. The first-order valence-corrected chi connectivity index (χ1v) is 9.53. The molecule has 1 heterocycles. The lowest BCUT2D eigenvalue weighted by Gasteiger charge is -2.19. The molecule has 5 nitrogen and oxygen atoms in total. The summed E-state index contributed by atoms with van der Waals surface area (Å²) in [5.74, 6) is 2.31. The van der Waals surface area contributed by atoms with Gasteiger partial charge in [-0.3, -0.25) is 0 Å². The lowest BCUT2D eigenvalue weighted by molar-refractivity contribution is 0.472. The number of nitrogens with one attached hydrogen (secondary N) is 2. The highest BCUT2D eigenvalue weighted by molar-refractivity contribution is 14.0. The summed E-state index contributed by atoms with van der Waals surface area (Å²) in [6.45, 7) is 8.07. The van der Waals surface area contributed by atoms with E-state index in [1.807, 2.05) is 13.8 Å². The molecule has 1 aliphatic rings. The lowest BCUT2D eigenvalue weighted by atomic mass is 9.96. The number of aliphatic imine (C=N–C) groups is 1. The van der Waals surface area contributed by atoms with E-state index >= 15 is 0 Å². The van der Waals surface area contributed by atoms with E-state index in [1.54, 1.807) is 0 Å². The Morgan fingerprint density at radius 3 is 2.65 bits per heavy atom. The molecule has 0 unspecified atom stereocenters. The van der Waals surface area contributed by atoms with Crippen molar-refractivity contribution in [3.05, 3.63) is 51.6 Å². The number of hydrogen-bond donors (Lipinski definition) is 2. The molecule has 0 aliphatic heterocycles. The first-order valence-electron chi connectivity index (χ1n) is 8.73. The Hall–Kier alpha value is -1.09.